The maximum absolute atomic E-state index is 12.0. The molecule has 1 aromatic heterocycles. The number of likely N-dealkylation sites (N-methyl/N-ethyl adjacent to an activating group) is 1. The Morgan fingerprint density at radius 2 is 2.19 bits per heavy atom. The zero-order valence-corrected chi connectivity index (χ0v) is 9.57. The Bertz CT molecular complexity index is 481. The number of sulfonamides is 1. The third kappa shape index (κ3) is 1.81. The van der Waals surface area contributed by atoms with Gasteiger partial charge in [-0.15, -0.1) is 0 Å². The van der Waals surface area contributed by atoms with Crippen LogP contribution in [0, 0.1) is 0 Å². The average Bonchev–Trinajstić information content (AvgIpc) is 2.75. The molecular weight excluding hydrogens is 232 g/mol. The van der Waals surface area contributed by atoms with E-state index in [0.29, 0.717) is 13.1 Å². The molecule has 0 spiro atoms. The Balaban J connectivity index is 2.23. The molecule has 0 bridgehead atoms. The first kappa shape index (κ1) is 11.1. The lowest BCUT2D eigenvalue weighted by Gasteiger charge is -2.30. The van der Waals surface area contributed by atoms with Crippen LogP contribution in [0.5, 0.6) is 0 Å². The first-order chi connectivity index (χ1) is 7.51. The zero-order valence-electron chi connectivity index (χ0n) is 8.75. The van der Waals surface area contributed by atoms with Crippen molar-refractivity contribution in [2.24, 2.45) is 0 Å². The lowest BCUT2D eigenvalue weighted by atomic mass is 10.4. The van der Waals surface area contributed by atoms with Crippen molar-refractivity contribution in [1.29, 1.82) is 0 Å². The van der Waals surface area contributed by atoms with Crippen LogP contribution in [0.2, 0.25) is 0 Å². The maximum Gasteiger partial charge on any atom is 0.246 e. The highest BCUT2D eigenvalue weighted by Gasteiger charge is 2.31. The van der Waals surface area contributed by atoms with Crippen LogP contribution in [-0.2, 0) is 14.8 Å². The van der Waals surface area contributed by atoms with Gasteiger partial charge in [-0.1, -0.05) is 0 Å². The number of nitrogens with zero attached hydrogens (tertiary/aromatic N) is 3. The molecule has 2 heterocycles. The van der Waals surface area contributed by atoms with Gasteiger partial charge in [-0.3, -0.25) is 9.89 Å². The van der Waals surface area contributed by atoms with Crippen molar-refractivity contribution in [3.63, 3.8) is 0 Å². The summed E-state index contributed by atoms with van der Waals surface area (Å²) in [6.45, 7) is 0.621. The Morgan fingerprint density at radius 1 is 1.44 bits per heavy atom. The predicted octanol–water partition coefficient (Wildman–Crippen LogP) is -1.13. The number of carbonyl (C=O) groups excluding carboxylic acids is 1. The monoisotopic (exact) mass is 244 g/mol. The van der Waals surface area contributed by atoms with Crippen LogP contribution in [0.3, 0.4) is 0 Å². The van der Waals surface area contributed by atoms with Crippen molar-refractivity contribution in [3.8, 4) is 0 Å². The fraction of sp³-hybridized carbons (Fsp3) is 0.500. The second-order valence-corrected chi connectivity index (χ2v) is 5.53. The van der Waals surface area contributed by atoms with Gasteiger partial charge in [0.1, 0.15) is 4.90 Å². The van der Waals surface area contributed by atoms with E-state index in [1.165, 1.54) is 21.6 Å². The molecular formula is C8H12N4O3S. The van der Waals surface area contributed by atoms with Gasteiger partial charge in [-0.25, -0.2) is 8.42 Å². The number of amides is 1. The summed E-state index contributed by atoms with van der Waals surface area (Å²) in [7, 11) is -1.93. The first-order valence-corrected chi connectivity index (χ1v) is 6.19. The van der Waals surface area contributed by atoms with Crippen molar-refractivity contribution < 1.29 is 13.2 Å². The number of aromatic amines is 1. The molecule has 0 aliphatic carbocycles. The minimum absolute atomic E-state index is 0.0878. The van der Waals surface area contributed by atoms with Crippen molar-refractivity contribution in [2.45, 2.75) is 4.90 Å². The van der Waals surface area contributed by atoms with E-state index in [4.69, 9.17) is 0 Å². The molecule has 1 aliphatic heterocycles. The Morgan fingerprint density at radius 3 is 2.75 bits per heavy atom. The minimum atomic E-state index is -3.58. The molecule has 0 radical (unpaired) electrons. The fourth-order valence-electron chi connectivity index (χ4n) is 1.47. The van der Waals surface area contributed by atoms with Crippen molar-refractivity contribution >= 4 is 15.9 Å². The van der Waals surface area contributed by atoms with Gasteiger partial charge in [-0.2, -0.15) is 9.40 Å². The van der Waals surface area contributed by atoms with Crippen LogP contribution in [0.1, 0.15) is 0 Å². The summed E-state index contributed by atoms with van der Waals surface area (Å²) in [5.41, 5.74) is 0. The van der Waals surface area contributed by atoms with Crippen molar-refractivity contribution in [2.75, 3.05) is 26.7 Å². The number of piperazine rings is 1. The van der Waals surface area contributed by atoms with Gasteiger partial charge in [0.25, 0.3) is 0 Å². The van der Waals surface area contributed by atoms with Gasteiger partial charge in [-0.05, 0) is 0 Å². The smallest absolute Gasteiger partial charge is 0.246 e. The SMILES string of the molecule is CN1CCN(S(=O)(=O)c2cn[nH]c2)CC1=O. The van der Waals surface area contributed by atoms with E-state index in [2.05, 4.69) is 10.2 Å². The van der Waals surface area contributed by atoms with Gasteiger partial charge >= 0.3 is 0 Å². The number of hydrogen-bond acceptors (Lipinski definition) is 4. The van der Waals surface area contributed by atoms with E-state index < -0.39 is 10.0 Å². The summed E-state index contributed by atoms with van der Waals surface area (Å²) in [5, 5.41) is 6.03. The lowest BCUT2D eigenvalue weighted by Crippen LogP contribution is -2.50. The number of hydrogen-bond donors (Lipinski definition) is 1. The normalized spacial score (nSPS) is 19.1. The molecule has 1 aromatic rings. The average molecular weight is 244 g/mol. The second-order valence-electron chi connectivity index (χ2n) is 3.59. The molecule has 16 heavy (non-hydrogen) atoms. The molecule has 8 heteroatoms. The Kier molecular flexibility index (Phi) is 2.68. The standard InChI is InChI=1S/C8H12N4O3S/c1-11-2-3-12(6-8(11)13)16(14,15)7-4-9-10-5-7/h4-5H,2-3,6H2,1H3,(H,9,10). The molecule has 0 unspecified atom stereocenters. The van der Waals surface area contributed by atoms with Gasteiger partial charge in [0, 0.05) is 26.3 Å². The molecule has 0 atom stereocenters. The number of nitrogens with one attached hydrogen (secondary N) is 1. The van der Waals surface area contributed by atoms with Crippen LogP contribution in [0.25, 0.3) is 0 Å². The molecule has 1 saturated heterocycles. The van der Waals surface area contributed by atoms with Crippen LogP contribution >= 0.6 is 0 Å². The molecule has 1 fully saturated rings. The summed E-state index contributed by atoms with van der Waals surface area (Å²) >= 11 is 0. The first-order valence-electron chi connectivity index (χ1n) is 4.75. The third-order valence-electron chi connectivity index (χ3n) is 2.53. The molecule has 88 valence electrons. The van der Waals surface area contributed by atoms with Crippen LogP contribution in [-0.4, -0.2) is 60.4 Å². The van der Waals surface area contributed by atoms with Gasteiger partial charge in [0.15, 0.2) is 0 Å². The predicted molar refractivity (Wildman–Crippen MR) is 55.0 cm³/mol. The fourth-order valence-corrected chi connectivity index (χ4v) is 2.76. The van der Waals surface area contributed by atoms with E-state index in [9.17, 15) is 13.2 Å². The molecule has 1 N–H and O–H groups in total. The summed E-state index contributed by atoms with van der Waals surface area (Å²) in [6.07, 6.45) is 2.54. The van der Waals surface area contributed by atoms with E-state index in [1.807, 2.05) is 0 Å². The lowest BCUT2D eigenvalue weighted by molar-refractivity contribution is -0.132. The number of rotatable bonds is 2. The molecule has 1 aliphatic rings. The Hall–Kier alpha value is -1.41. The summed E-state index contributed by atoms with van der Waals surface area (Å²) < 4.78 is 25.2. The van der Waals surface area contributed by atoms with E-state index in [0.717, 1.165) is 0 Å². The topological polar surface area (TPSA) is 86.4 Å². The highest BCUT2D eigenvalue weighted by atomic mass is 32.2. The van der Waals surface area contributed by atoms with Gasteiger partial charge < -0.3 is 4.90 Å². The van der Waals surface area contributed by atoms with E-state index >= 15 is 0 Å². The van der Waals surface area contributed by atoms with Crippen LogP contribution in [0.15, 0.2) is 17.3 Å². The number of aromatic nitrogens is 2. The van der Waals surface area contributed by atoms with E-state index in [-0.39, 0.29) is 17.3 Å². The number of H-pyrrole nitrogens is 1. The maximum atomic E-state index is 12.0. The van der Waals surface area contributed by atoms with Gasteiger partial charge in [0.05, 0.1) is 12.7 Å². The Labute approximate surface area is 93.1 Å². The quantitative estimate of drug-likeness (QED) is 0.713. The van der Waals surface area contributed by atoms with Crippen molar-refractivity contribution in [3.05, 3.63) is 12.4 Å². The second kappa shape index (κ2) is 3.87. The molecule has 1 amide bonds. The molecule has 7 nitrogen and oxygen atoms in total. The van der Waals surface area contributed by atoms with Crippen molar-refractivity contribution in [1.82, 2.24) is 19.4 Å². The minimum Gasteiger partial charge on any atom is -0.343 e. The zero-order chi connectivity index (χ0) is 11.8. The van der Waals surface area contributed by atoms with Gasteiger partial charge in [0.2, 0.25) is 15.9 Å². The largest absolute Gasteiger partial charge is 0.343 e. The van der Waals surface area contributed by atoms with E-state index in [1.54, 1.807) is 7.05 Å². The van der Waals surface area contributed by atoms with Crippen LogP contribution in [0.4, 0.5) is 0 Å². The summed E-state index contributed by atoms with van der Waals surface area (Å²) in [4.78, 5) is 13.0. The molecule has 0 saturated carbocycles. The number of carbonyl (C=O) groups is 1. The summed E-state index contributed by atoms with van der Waals surface area (Å²) in [5.74, 6) is -0.196. The summed E-state index contributed by atoms with van der Waals surface area (Å²) in [6, 6.07) is 0. The molecule has 2 rings (SSSR count). The van der Waals surface area contributed by atoms with Crippen LogP contribution < -0.4 is 0 Å². The highest BCUT2D eigenvalue weighted by molar-refractivity contribution is 7.89. The third-order valence-corrected chi connectivity index (χ3v) is 4.34. The molecule has 0 aromatic carbocycles. The highest BCUT2D eigenvalue weighted by Crippen LogP contribution is 2.15.